The summed E-state index contributed by atoms with van der Waals surface area (Å²) in [5, 5.41) is 0.710. The van der Waals surface area contributed by atoms with Crippen molar-refractivity contribution in [3.8, 4) is 5.75 Å². The maximum Gasteiger partial charge on any atom is 0.122 e. The largest absolute Gasteiger partial charge is 0.496 e. The van der Waals surface area contributed by atoms with Gasteiger partial charge >= 0.3 is 0 Å². The van der Waals surface area contributed by atoms with Crippen LogP contribution in [0.15, 0.2) is 18.2 Å². The molecule has 116 valence electrons. The minimum Gasteiger partial charge on any atom is -0.496 e. The lowest BCUT2D eigenvalue weighted by atomic mass is 9.99. The molecular weight excluding hydrogens is 288 g/mol. The predicted octanol–water partition coefficient (Wildman–Crippen LogP) is 2.08. The summed E-state index contributed by atoms with van der Waals surface area (Å²) in [6.07, 6.45) is 3.33. The SMILES string of the molecule is COc1ccc(Cl)cc1CC(N)C1CN2CCCC2CO1. The Labute approximate surface area is 131 Å². The van der Waals surface area contributed by atoms with Crippen LogP contribution in [-0.2, 0) is 11.2 Å². The number of fused-ring (bicyclic) bond motifs is 1. The molecule has 2 heterocycles. The van der Waals surface area contributed by atoms with Gasteiger partial charge in [-0.1, -0.05) is 11.6 Å². The van der Waals surface area contributed by atoms with Crippen molar-refractivity contribution in [1.82, 2.24) is 4.90 Å². The van der Waals surface area contributed by atoms with Gasteiger partial charge in [-0.3, -0.25) is 4.90 Å². The van der Waals surface area contributed by atoms with Crippen LogP contribution in [0.2, 0.25) is 5.02 Å². The molecule has 0 amide bonds. The Hall–Kier alpha value is -0.810. The van der Waals surface area contributed by atoms with Crippen LogP contribution in [-0.4, -0.2) is 49.9 Å². The predicted molar refractivity (Wildman–Crippen MR) is 84.0 cm³/mol. The number of ether oxygens (including phenoxy) is 2. The number of morpholine rings is 1. The third kappa shape index (κ3) is 3.34. The average molecular weight is 311 g/mol. The van der Waals surface area contributed by atoms with Gasteiger partial charge in [-0.25, -0.2) is 0 Å². The lowest BCUT2D eigenvalue weighted by Crippen LogP contribution is -2.53. The second-order valence-electron chi connectivity index (χ2n) is 5.99. The summed E-state index contributed by atoms with van der Waals surface area (Å²) in [6.45, 7) is 2.93. The van der Waals surface area contributed by atoms with Crippen molar-refractivity contribution in [2.45, 2.75) is 37.5 Å². The highest BCUT2D eigenvalue weighted by molar-refractivity contribution is 6.30. The molecule has 0 spiro atoms. The van der Waals surface area contributed by atoms with Crippen LogP contribution in [0.1, 0.15) is 18.4 Å². The Morgan fingerprint density at radius 2 is 2.38 bits per heavy atom. The van der Waals surface area contributed by atoms with Crippen molar-refractivity contribution in [1.29, 1.82) is 0 Å². The summed E-state index contributed by atoms with van der Waals surface area (Å²) in [5.74, 6) is 0.838. The first-order chi connectivity index (χ1) is 10.2. The molecule has 3 rings (SSSR count). The van der Waals surface area contributed by atoms with Crippen molar-refractivity contribution in [3.63, 3.8) is 0 Å². The van der Waals surface area contributed by atoms with E-state index in [0.717, 1.165) is 24.5 Å². The van der Waals surface area contributed by atoms with E-state index in [2.05, 4.69) is 4.90 Å². The minimum absolute atomic E-state index is 0.0427. The summed E-state index contributed by atoms with van der Waals surface area (Å²) in [6, 6.07) is 6.22. The molecule has 2 aliphatic rings. The van der Waals surface area contributed by atoms with E-state index in [1.54, 1.807) is 7.11 Å². The fraction of sp³-hybridized carbons (Fsp3) is 0.625. The number of benzene rings is 1. The van der Waals surface area contributed by atoms with Crippen molar-refractivity contribution in [2.75, 3.05) is 26.8 Å². The zero-order valence-electron chi connectivity index (χ0n) is 12.4. The Morgan fingerprint density at radius 1 is 1.52 bits per heavy atom. The molecule has 3 atom stereocenters. The second-order valence-corrected chi connectivity index (χ2v) is 6.42. The molecule has 0 radical (unpaired) electrons. The number of hydrogen-bond acceptors (Lipinski definition) is 4. The number of rotatable bonds is 4. The van der Waals surface area contributed by atoms with E-state index >= 15 is 0 Å². The summed E-state index contributed by atoms with van der Waals surface area (Å²) < 4.78 is 11.4. The summed E-state index contributed by atoms with van der Waals surface area (Å²) in [7, 11) is 1.67. The summed E-state index contributed by atoms with van der Waals surface area (Å²) in [5.41, 5.74) is 7.43. The molecule has 0 saturated carbocycles. The molecule has 1 aromatic rings. The summed E-state index contributed by atoms with van der Waals surface area (Å²) in [4.78, 5) is 2.52. The van der Waals surface area contributed by atoms with Gasteiger partial charge in [0.2, 0.25) is 0 Å². The van der Waals surface area contributed by atoms with Crippen molar-refractivity contribution in [3.05, 3.63) is 28.8 Å². The topological polar surface area (TPSA) is 47.7 Å². The molecule has 5 heteroatoms. The van der Waals surface area contributed by atoms with Gasteiger partial charge in [0.1, 0.15) is 5.75 Å². The van der Waals surface area contributed by atoms with E-state index in [4.69, 9.17) is 26.8 Å². The van der Waals surface area contributed by atoms with Gasteiger partial charge in [-0.05, 0) is 49.6 Å². The number of nitrogens with zero attached hydrogens (tertiary/aromatic N) is 1. The Morgan fingerprint density at radius 3 is 3.19 bits per heavy atom. The van der Waals surface area contributed by atoms with Gasteiger partial charge in [0.15, 0.2) is 0 Å². The van der Waals surface area contributed by atoms with Gasteiger partial charge in [0.25, 0.3) is 0 Å². The van der Waals surface area contributed by atoms with Gasteiger partial charge in [0.05, 0.1) is 19.8 Å². The van der Waals surface area contributed by atoms with Crippen molar-refractivity contribution < 1.29 is 9.47 Å². The normalized spacial score (nSPS) is 27.4. The second kappa shape index (κ2) is 6.53. The van der Waals surface area contributed by atoms with Crippen LogP contribution in [0.3, 0.4) is 0 Å². The fourth-order valence-electron chi connectivity index (χ4n) is 3.39. The third-order valence-electron chi connectivity index (χ3n) is 4.59. The first-order valence-electron chi connectivity index (χ1n) is 7.61. The van der Waals surface area contributed by atoms with E-state index < -0.39 is 0 Å². The van der Waals surface area contributed by atoms with E-state index in [0.29, 0.717) is 17.5 Å². The molecule has 2 N–H and O–H groups in total. The van der Waals surface area contributed by atoms with Crippen LogP contribution < -0.4 is 10.5 Å². The van der Waals surface area contributed by atoms with E-state index in [-0.39, 0.29) is 12.1 Å². The smallest absolute Gasteiger partial charge is 0.122 e. The lowest BCUT2D eigenvalue weighted by Gasteiger charge is -2.37. The molecule has 3 unspecified atom stereocenters. The zero-order valence-corrected chi connectivity index (χ0v) is 13.2. The fourth-order valence-corrected chi connectivity index (χ4v) is 3.59. The minimum atomic E-state index is -0.0427. The molecule has 0 aliphatic carbocycles. The molecule has 2 fully saturated rings. The van der Waals surface area contributed by atoms with Crippen LogP contribution in [0.5, 0.6) is 5.75 Å². The van der Waals surface area contributed by atoms with E-state index in [9.17, 15) is 0 Å². The Balaban J connectivity index is 1.66. The quantitative estimate of drug-likeness (QED) is 0.925. The average Bonchev–Trinajstić information content (AvgIpc) is 2.94. The number of halogens is 1. The first-order valence-corrected chi connectivity index (χ1v) is 7.99. The number of hydrogen-bond donors (Lipinski definition) is 1. The van der Waals surface area contributed by atoms with Crippen molar-refractivity contribution >= 4 is 11.6 Å². The van der Waals surface area contributed by atoms with Crippen LogP contribution in [0.25, 0.3) is 0 Å². The Kier molecular flexibility index (Phi) is 4.69. The zero-order chi connectivity index (χ0) is 14.8. The molecule has 1 aromatic carbocycles. The van der Waals surface area contributed by atoms with Crippen LogP contribution in [0, 0.1) is 0 Å². The highest BCUT2D eigenvalue weighted by Gasteiger charge is 2.34. The molecule has 2 saturated heterocycles. The van der Waals surface area contributed by atoms with Gasteiger partial charge in [-0.15, -0.1) is 0 Å². The van der Waals surface area contributed by atoms with Gasteiger partial charge in [-0.2, -0.15) is 0 Å². The molecule has 0 bridgehead atoms. The maximum atomic E-state index is 6.39. The highest BCUT2D eigenvalue weighted by Crippen LogP contribution is 2.27. The monoisotopic (exact) mass is 310 g/mol. The Bertz CT molecular complexity index is 497. The molecular formula is C16H23ClN2O2. The van der Waals surface area contributed by atoms with Crippen molar-refractivity contribution in [2.24, 2.45) is 5.73 Å². The molecule has 4 nitrogen and oxygen atoms in total. The van der Waals surface area contributed by atoms with E-state index in [1.165, 1.54) is 19.4 Å². The lowest BCUT2D eigenvalue weighted by molar-refractivity contribution is -0.0589. The number of methoxy groups -OCH3 is 1. The highest BCUT2D eigenvalue weighted by atomic mass is 35.5. The van der Waals surface area contributed by atoms with E-state index in [1.807, 2.05) is 18.2 Å². The maximum absolute atomic E-state index is 6.39. The third-order valence-corrected chi connectivity index (χ3v) is 4.83. The summed E-state index contributed by atoms with van der Waals surface area (Å²) >= 11 is 6.08. The molecule has 2 aliphatic heterocycles. The van der Waals surface area contributed by atoms with Gasteiger partial charge in [0, 0.05) is 23.7 Å². The molecule has 21 heavy (non-hydrogen) atoms. The number of nitrogens with two attached hydrogens (primary N) is 1. The van der Waals surface area contributed by atoms with Crippen LogP contribution in [0.4, 0.5) is 0 Å². The first kappa shape index (κ1) is 15.1. The molecule has 0 aromatic heterocycles. The van der Waals surface area contributed by atoms with Crippen LogP contribution >= 0.6 is 11.6 Å². The van der Waals surface area contributed by atoms with Gasteiger partial charge < -0.3 is 15.2 Å². The standard InChI is InChI=1S/C16H23ClN2O2/c1-20-15-5-4-12(17)7-11(15)8-14(18)16-9-19-6-2-3-13(19)10-21-16/h4-5,7,13-14,16H,2-3,6,8-10,18H2,1H3.